The van der Waals surface area contributed by atoms with E-state index in [9.17, 15) is 0 Å². The third-order valence-corrected chi connectivity index (χ3v) is 3.38. The van der Waals surface area contributed by atoms with E-state index < -0.39 is 0 Å². The Labute approximate surface area is 104 Å². The van der Waals surface area contributed by atoms with Crippen molar-refractivity contribution in [2.45, 2.75) is 46.2 Å². The van der Waals surface area contributed by atoms with Crippen LogP contribution in [-0.2, 0) is 6.54 Å². The molecule has 2 atom stereocenters. The van der Waals surface area contributed by atoms with Crippen LogP contribution in [0.5, 0.6) is 5.75 Å². The van der Waals surface area contributed by atoms with Gasteiger partial charge in [-0.1, -0.05) is 20.3 Å². The molecule has 0 aliphatic rings. The van der Waals surface area contributed by atoms with Gasteiger partial charge in [-0.3, -0.25) is 4.68 Å². The Morgan fingerprint density at radius 1 is 1.47 bits per heavy atom. The van der Waals surface area contributed by atoms with Gasteiger partial charge in [0.2, 0.25) is 0 Å². The zero-order valence-electron chi connectivity index (χ0n) is 11.7. The first-order valence-electron chi connectivity index (χ1n) is 6.44. The van der Waals surface area contributed by atoms with E-state index in [2.05, 4.69) is 31.2 Å². The third-order valence-electron chi connectivity index (χ3n) is 3.38. The van der Waals surface area contributed by atoms with Crippen molar-refractivity contribution in [2.75, 3.05) is 14.2 Å². The summed E-state index contributed by atoms with van der Waals surface area (Å²) >= 11 is 0. The highest BCUT2D eigenvalue weighted by molar-refractivity contribution is 5.28. The van der Waals surface area contributed by atoms with Crippen LogP contribution in [-0.4, -0.2) is 23.9 Å². The van der Waals surface area contributed by atoms with E-state index in [0.29, 0.717) is 12.0 Å². The summed E-state index contributed by atoms with van der Waals surface area (Å²) in [6.45, 7) is 7.48. The third kappa shape index (κ3) is 3.22. The first-order valence-corrected chi connectivity index (χ1v) is 6.44. The van der Waals surface area contributed by atoms with E-state index in [4.69, 9.17) is 4.74 Å². The van der Waals surface area contributed by atoms with Crippen LogP contribution in [0.25, 0.3) is 0 Å². The molecule has 0 fully saturated rings. The van der Waals surface area contributed by atoms with E-state index in [-0.39, 0.29) is 0 Å². The number of nitrogens with one attached hydrogen (secondary N) is 1. The molecule has 1 aromatic heterocycles. The number of nitrogens with zero attached hydrogens (tertiary/aromatic N) is 2. The van der Waals surface area contributed by atoms with E-state index in [0.717, 1.165) is 24.4 Å². The fourth-order valence-corrected chi connectivity index (χ4v) is 2.07. The Balaban J connectivity index is 2.96. The predicted octanol–water partition coefficient (Wildman–Crippen LogP) is 2.61. The number of ether oxygens (including phenoxy) is 1. The second kappa shape index (κ2) is 6.64. The van der Waals surface area contributed by atoms with Crippen LogP contribution in [0.2, 0.25) is 0 Å². The molecule has 1 N–H and O–H groups in total. The molecule has 4 nitrogen and oxygen atoms in total. The maximum Gasteiger partial charge on any atom is 0.161 e. The molecule has 0 saturated heterocycles. The summed E-state index contributed by atoms with van der Waals surface area (Å²) in [4.78, 5) is 0. The monoisotopic (exact) mass is 239 g/mol. The summed E-state index contributed by atoms with van der Waals surface area (Å²) < 4.78 is 7.42. The van der Waals surface area contributed by atoms with Gasteiger partial charge in [0.05, 0.1) is 25.0 Å². The Kier molecular flexibility index (Phi) is 5.48. The first kappa shape index (κ1) is 14.0. The minimum absolute atomic E-state index is 0.308. The number of hydrogen-bond donors (Lipinski definition) is 1. The second-order valence-corrected chi connectivity index (χ2v) is 4.50. The lowest BCUT2D eigenvalue weighted by molar-refractivity contribution is 0.367. The topological polar surface area (TPSA) is 39.1 Å². The highest BCUT2D eigenvalue weighted by atomic mass is 16.5. The molecule has 2 unspecified atom stereocenters. The maximum absolute atomic E-state index is 5.40. The maximum atomic E-state index is 5.40. The molecule has 17 heavy (non-hydrogen) atoms. The van der Waals surface area contributed by atoms with Crippen LogP contribution >= 0.6 is 0 Å². The number of rotatable bonds is 7. The van der Waals surface area contributed by atoms with Crippen molar-refractivity contribution in [3.63, 3.8) is 0 Å². The Bertz CT molecular complexity index is 314. The summed E-state index contributed by atoms with van der Waals surface area (Å²) in [5.74, 6) is 1.58. The van der Waals surface area contributed by atoms with Gasteiger partial charge in [-0.2, -0.15) is 5.10 Å². The summed E-state index contributed by atoms with van der Waals surface area (Å²) in [7, 11) is 3.70. The SMILES string of the molecule is CCC(C)CC(NC)c1c(OC)cnn1CC. The van der Waals surface area contributed by atoms with Crippen LogP contribution < -0.4 is 10.1 Å². The number of hydrogen-bond acceptors (Lipinski definition) is 3. The standard InChI is InChI=1S/C13H25N3O/c1-6-10(3)8-11(14-4)13-12(17-5)9-15-16(13)7-2/h9-11,14H,6-8H2,1-5H3. The molecule has 0 radical (unpaired) electrons. The summed E-state index contributed by atoms with van der Waals surface area (Å²) in [5, 5.41) is 7.74. The molecule has 0 aliphatic heterocycles. The van der Waals surface area contributed by atoms with E-state index in [1.165, 1.54) is 6.42 Å². The van der Waals surface area contributed by atoms with Gasteiger partial charge in [0.25, 0.3) is 0 Å². The molecule has 98 valence electrons. The minimum Gasteiger partial charge on any atom is -0.493 e. The van der Waals surface area contributed by atoms with Crippen LogP contribution in [0.4, 0.5) is 0 Å². The van der Waals surface area contributed by atoms with E-state index >= 15 is 0 Å². The van der Waals surface area contributed by atoms with E-state index in [1.54, 1.807) is 13.3 Å². The zero-order chi connectivity index (χ0) is 12.8. The van der Waals surface area contributed by atoms with Gasteiger partial charge in [-0.15, -0.1) is 0 Å². The number of aryl methyl sites for hydroxylation is 1. The lowest BCUT2D eigenvalue weighted by Gasteiger charge is -2.21. The molecular weight excluding hydrogens is 214 g/mol. The first-order chi connectivity index (χ1) is 8.17. The quantitative estimate of drug-likeness (QED) is 0.795. The molecule has 4 heteroatoms. The normalized spacial score (nSPS) is 14.6. The Hall–Kier alpha value is -1.03. The molecule has 0 bridgehead atoms. The van der Waals surface area contributed by atoms with E-state index in [1.807, 2.05) is 11.7 Å². The van der Waals surface area contributed by atoms with Crippen molar-refractivity contribution in [3.8, 4) is 5.75 Å². The minimum atomic E-state index is 0.308. The Morgan fingerprint density at radius 3 is 2.65 bits per heavy atom. The van der Waals surface area contributed by atoms with Gasteiger partial charge >= 0.3 is 0 Å². The molecule has 0 spiro atoms. The van der Waals surface area contributed by atoms with Gasteiger partial charge in [-0.25, -0.2) is 0 Å². The van der Waals surface area contributed by atoms with Crippen molar-refractivity contribution in [1.29, 1.82) is 0 Å². The molecule has 0 amide bonds. The summed E-state index contributed by atoms with van der Waals surface area (Å²) in [6.07, 6.45) is 4.11. The average Bonchev–Trinajstić information content (AvgIpc) is 2.78. The van der Waals surface area contributed by atoms with Crippen molar-refractivity contribution < 1.29 is 4.74 Å². The smallest absolute Gasteiger partial charge is 0.161 e. The Morgan fingerprint density at radius 2 is 2.18 bits per heavy atom. The van der Waals surface area contributed by atoms with Crippen LogP contribution in [0.3, 0.4) is 0 Å². The van der Waals surface area contributed by atoms with Crippen LogP contribution in [0.15, 0.2) is 6.20 Å². The highest BCUT2D eigenvalue weighted by Crippen LogP contribution is 2.29. The fourth-order valence-electron chi connectivity index (χ4n) is 2.07. The molecule has 1 rings (SSSR count). The molecule has 1 aromatic rings. The zero-order valence-corrected chi connectivity index (χ0v) is 11.7. The van der Waals surface area contributed by atoms with Gasteiger partial charge in [-0.05, 0) is 26.3 Å². The second-order valence-electron chi connectivity index (χ2n) is 4.50. The summed E-state index contributed by atoms with van der Waals surface area (Å²) in [5.41, 5.74) is 1.16. The van der Waals surface area contributed by atoms with Crippen LogP contribution in [0, 0.1) is 5.92 Å². The average molecular weight is 239 g/mol. The van der Waals surface area contributed by atoms with Gasteiger partial charge < -0.3 is 10.1 Å². The fraction of sp³-hybridized carbons (Fsp3) is 0.769. The highest BCUT2D eigenvalue weighted by Gasteiger charge is 2.21. The lowest BCUT2D eigenvalue weighted by atomic mass is 9.97. The molecule has 0 saturated carbocycles. The molecule has 0 aromatic carbocycles. The molecule has 1 heterocycles. The van der Waals surface area contributed by atoms with Crippen LogP contribution in [0.1, 0.15) is 45.3 Å². The largest absolute Gasteiger partial charge is 0.493 e. The number of aromatic nitrogens is 2. The lowest BCUT2D eigenvalue weighted by Crippen LogP contribution is -2.23. The van der Waals surface area contributed by atoms with Crippen molar-refractivity contribution in [1.82, 2.24) is 15.1 Å². The predicted molar refractivity (Wildman–Crippen MR) is 70.3 cm³/mol. The summed E-state index contributed by atoms with van der Waals surface area (Å²) in [6, 6.07) is 0.308. The van der Waals surface area contributed by atoms with Crippen molar-refractivity contribution >= 4 is 0 Å². The van der Waals surface area contributed by atoms with Crippen molar-refractivity contribution in [2.24, 2.45) is 5.92 Å². The van der Waals surface area contributed by atoms with Gasteiger partial charge in [0.1, 0.15) is 0 Å². The van der Waals surface area contributed by atoms with Gasteiger partial charge in [0, 0.05) is 6.54 Å². The molecule has 0 aliphatic carbocycles. The van der Waals surface area contributed by atoms with Crippen molar-refractivity contribution in [3.05, 3.63) is 11.9 Å². The number of methoxy groups -OCH3 is 1. The van der Waals surface area contributed by atoms with Gasteiger partial charge in [0.15, 0.2) is 5.75 Å². The molecular formula is C13H25N3O.